The molecule has 76 valence electrons. The van der Waals surface area contributed by atoms with Crippen LogP contribution in [0.4, 0.5) is 0 Å². The van der Waals surface area contributed by atoms with E-state index in [9.17, 15) is 4.79 Å². The zero-order chi connectivity index (χ0) is 10.4. The topological polar surface area (TPSA) is 26.3 Å². The van der Waals surface area contributed by atoms with E-state index in [1.165, 1.54) is 0 Å². The van der Waals surface area contributed by atoms with Crippen molar-refractivity contribution >= 4 is 17.4 Å². The Morgan fingerprint density at radius 2 is 2.14 bits per heavy atom. The highest BCUT2D eigenvalue weighted by Gasteiger charge is 2.01. The first kappa shape index (κ1) is 11.2. The van der Waals surface area contributed by atoms with Gasteiger partial charge >= 0.3 is 0 Å². The summed E-state index contributed by atoms with van der Waals surface area (Å²) in [7, 11) is 0. The van der Waals surface area contributed by atoms with Crippen molar-refractivity contribution in [1.29, 1.82) is 0 Å². The zero-order valence-electron chi connectivity index (χ0n) is 8.13. The first-order valence-electron chi connectivity index (χ1n) is 4.57. The van der Waals surface area contributed by atoms with Gasteiger partial charge in [0.2, 0.25) is 0 Å². The van der Waals surface area contributed by atoms with Gasteiger partial charge < -0.3 is 4.74 Å². The van der Waals surface area contributed by atoms with Gasteiger partial charge in [-0.05, 0) is 11.6 Å². The van der Waals surface area contributed by atoms with Crippen LogP contribution in [0, 0.1) is 0 Å². The fourth-order valence-electron chi connectivity index (χ4n) is 0.992. The molecule has 0 saturated carbocycles. The molecular formula is C11H13ClO2. The molecule has 0 aromatic heterocycles. The molecule has 1 aromatic rings. The highest BCUT2D eigenvalue weighted by molar-refractivity contribution is 6.31. The number of carbonyl (C=O) groups excluding carboxylic acids is 1. The van der Waals surface area contributed by atoms with Crippen LogP contribution in [0.5, 0.6) is 0 Å². The van der Waals surface area contributed by atoms with E-state index in [1.54, 1.807) is 0 Å². The maximum Gasteiger partial charge on any atom is 0.158 e. The van der Waals surface area contributed by atoms with Crippen LogP contribution in [0.1, 0.15) is 18.9 Å². The van der Waals surface area contributed by atoms with Crippen molar-refractivity contribution in [1.82, 2.24) is 0 Å². The molecule has 0 amide bonds. The summed E-state index contributed by atoms with van der Waals surface area (Å²) in [4.78, 5) is 10.9. The minimum Gasteiger partial charge on any atom is -0.369 e. The zero-order valence-corrected chi connectivity index (χ0v) is 8.88. The van der Waals surface area contributed by atoms with Crippen LogP contribution >= 0.6 is 11.6 Å². The maximum atomic E-state index is 10.9. The summed E-state index contributed by atoms with van der Waals surface area (Å²) in [5, 5.41) is 0.677. The standard InChI is InChI=1S/C11H13ClO2/c1-2-10(13)8-14-7-9-5-3-4-6-11(9)12/h3-6H,2,7-8H2,1H3. The summed E-state index contributed by atoms with van der Waals surface area (Å²) in [5.74, 6) is 0.108. The number of Topliss-reactive ketones (excluding diaryl/α,β-unsaturated/α-hetero) is 1. The van der Waals surface area contributed by atoms with Crippen molar-refractivity contribution < 1.29 is 9.53 Å². The summed E-state index contributed by atoms with van der Waals surface area (Å²) in [6, 6.07) is 7.45. The molecule has 0 heterocycles. The molecule has 0 bridgehead atoms. The normalized spacial score (nSPS) is 10.1. The molecule has 1 aromatic carbocycles. The molecule has 0 fully saturated rings. The summed E-state index contributed by atoms with van der Waals surface area (Å²) in [6.45, 7) is 2.38. The van der Waals surface area contributed by atoms with E-state index < -0.39 is 0 Å². The van der Waals surface area contributed by atoms with Gasteiger partial charge in [0.25, 0.3) is 0 Å². The van der Waals surface area contributed by atoms with Crippen molar-refractivity contribution in [3.8, 4) is 0 Å². The van der Waals surface area contributed by atoms with Crippen LogP contribution in [0.25, 0.3) is 0 Å². The van der Waals surface area contributed by atoms with Crippen LogP contribution in [-0.4, -0.2) is 12.4 Å². The molecular weight excluding hydrogens is 200 g/mol. The Balaban J connectivity index is 2.39. The van der Waals surface area contributed by atoms with Crippen molar-refractivity contribution in [2.45, 2.75) is 20.0 Å². The molecule has 14 heavy (non-hydrogen) atoms. The predicted octanol–water partition coefficient (Wildman–Crippen LogP) is 2.84. The number of rotatable bonds is 5. The lowest BCUT2D eigenvalue weighted by Crippen LogP contribution is -2.06. The van der Waals surface area contributed by atoms with Gasteiger partial charge in [0.1, 0.15) is 6.61 Å². The van der Waals surface area contributed by atoms with E-state index in [2.05, 4.69) is 0 Å². The van der Waals surface area contributed by atoms with Gasteiger partial charge in [-0.3, -0.25) is 4.79 Å². The van der Waals surface area contributed by atoms with Crippen LogP contribution < -0.4 is 0 Å². The third-order valence-electron chi connectivity index (χ3n) is 1.87. The van der Waals surface area contributed by atoms with Crippen LogP contribution in [0.2, 0.25) is 5.02 Å². The Labute approximate surface area is 88.8 Å². The molecule has 0 aliphatic heterocycles. The van der Waals surface area contributed by atoms with Crippen molar-refractivity contribution in [3.05, 3.63) is 34.9 Å². The summed E-state index contributed by atoms with van der Waals surface area (Å²) < 4.78 is 5.22. The molecule has 1 rings (SSSR count). The second-order valence-electron chi connectivity index (χ2n) is 2.98. The fourth-order valence-corrected chi connectivity index (χ4v) is 1.18. The van der Waals surface area contributed by atoms with Gasteiger partial charge in [-0.25, -0.2) is 0 Å². The van der Waals surface area contributed by atoms with E-state index in [4.69, 9.17) is 16.3 Å². The summed E-state index contributed by atoms with van der Waals surface area (Å²) in [6.07, 6.45) is 0.516. The van der Waals surface area contributed by atoms with Crippen LogP contribution in [0.3, 0.4) is 0 Å². The summed E-state index contributed by atoms with van der Waals surface area (Å²) >= 11 is 5.91. The van der Waals surface area contributed by atoms with Crippen molar-refractivity contribution in [2.24, 2.45) is 0 Å². The molecule has 0 atom stereocenters. The lowest BCUT2D eigenvalue weighted by atomic mass is 10.2. The lowest BCUT2D eigenvalue weighted by molar-refractivity contribution is -0.123. The van der Waals surface area contributed by atoms with E-state index in [0.29, 0.717) is 18.1 Å². The molecule has 0 spiro atoms. The molecule has 0 unspecified atom stereocenters. The van der Waals surface area contributed by atoms with Crippen LogP contribution in [0.15, 0.2) is 24.3 Å². The second-order valence-corrected chi connectivity index (χ2v) is 3.38. The number of carbonyl (C=O) groups is 1. The molecule has 0 saturated heterocycles. The maximum absolute atomic E-state index is 10.9. The van der Waals surface area contributed by atoms with Gasteiger partial charge in [-0.2, -0.15) is 0 Å². The Morgan fingerprint density at radius 1 is 1.43 bits per heavy atom. The molecule has 0 aliphatic rings. The van der Waals surface area contributed by atoms with Gasteiger partial charge in [-0.1, -0.05) is 36.7 Å². The average molecular weight is 213 g/mol. The highest BCUT2D eigenvalue weighted by atomic mass is 35.5. The first-order chi connectivity index (χ1) is 6.74. The third kappa shape index (κ3) is 3.48. The van der Waals surface area contributed by atoms with Crippen molar-refractivity contribution in [3.63, 3.8) is 0 Å². The van der Waals surface area contributed by atoms with Gasteiger partial charge in [-0.15, -0.1) is 0 Å². The van der Waals surface area contributed by atoms with E-state index in [0.717, 1.165) is 5.56 Å². The van der Waals surface area contributed by atoms with Crippen LogP contribution in [-0.2, 0) is 16.1 Å². The second kappa shape index (κ2) is 5.78. The Hall–Kier alpha value is -0.860. The molecule has 0 N–H and O–H groups in total. The third-order valence-corrected chi connectivity index (χ3v) is 2.24. The van der Waals surface area contributed by atoms with Gasteiger partial charge in [0.15, 0.2) is 5.78 Å². The number of ketones is 1. The quantitative estimate of drug-likeness (QED) is 0.750. The SMILES string of the molecule is CCC(=O)COCc1ccccc1Cl. The number of halogens is 1. The number of hydrogen-bond donors (Lipinski definition) is 0. The van der Waals surface area contributed by atoms with E-state index >= 15 is 0 Å². The minimum atomic E-state index is 0.108. The Kier molecular flexibility index (Phi) is 4.63. The van der Waals surface area contributed by atoms with Crippen molar-refractivity contribution in [2.75, 3.05) is 6.61 Å². The molecule has 0 radical (unpaired) electrons. The fraction of sp³-hybridized carbons (Fsp3) is 0.364. The molecule has 2 nitrogen and oxygen atoms in total. The summed E-state index contributed by atoms with van der Waals surface area (Å²) in [5.41, 5.74) is 0.915. The Morgan fingerprint density at radius 3 is 2.79 bits per heavy atom. The number of ether oxygens (including phenoxy) is 1. The molecule has 3 heteroatoms. The minimum absolute atomic E-state index is 0.108. The Bertz CT molecular complexity index is 310. The molecule has 0 aliphatic carbocycles. The number of hydrogen-bond acceptors (Lipinski definition) is 2. The van der Waals surface area contributed by atoms with Gasteiger partial charge in [0.05, 0.1) is 6.61 Å². The van der Waals surface area contributed by atoms with E-state index in [1.807, 2.05) is 31.2 Å². The smallest absolute Gasteiger partial charge is 0.158 e. The average Bonchev–Trinajstić information content (AvgIpc) is 2.20. The largest absolute Gasteiger partial charge is 0.369 e. The van der Waals surface area contributed by atoms with E-state index in [-0.39, 0.29) is 12.4 Å². The highest BCUT2D eigenvalue weighted by Crippen LogP contribution is 2.15. The number of benzene rings is 1. The predicted molar refractivity (Wildman–Crippen MR) is 56.4 cm³/mol. The first-order valence-corrected chi connectivity index (χ1v) is 4.94. The monoisotopic (exact) mass is 212 g/mol. The van der Waals surface area contributed by atoms with Gasteiger partial charge in [0, 0.05) is 11.4 Å². The lowest BCUT2D eigenvalue weighted by Gasteiger charge is -2.04.